The van der Waals surface area contributed by atoms with E-state index in [9.17, 15) is 18.0 Å². The summed E-state index contributed by atoms with van der Waals surface area (Å²) >= 11 is 5.50. The molecule has 0 spiro atoms. The molecule has 0 saturated carbocycles. The van der Waals surface area contributed by atoms with Gasteiger partial charge in [0.2, 0.25) is 5.60 Å². The van der Waals surface area contributed by atoms with Gasteiger partial charge >= 0.3 is 12.1 Å². The fourth-order valence-electron chi connectivity index (χ4n) is 1.49. The maximum Gasteiger partial charge on any atom is 0.432 e. The molecule has 1 aromatic rings. The normalized spacial score (nSPS) is 24.2. The molecular weight excluding hydrogens is 247 g/mol. The zero-order valence-electron chi connectivity index (χ0n) is 7.93. The number of cyclic esters (lactones) is 1. The first-order valence-corrected chi connectivity index (χ1v) is 4.59. The molecule has 0 amide bonds. The molecule has 1 atom stereocenters. The number of halogens is 4. The van der Waals surface area contributed by atoms with Crippen molar-refractivity contribution < 1.29 is 22.7 Å². The molecule has 0 N–H and O–H groups in total. The molecule has 0 aromatic carbocycles. The van der Waals surface area contributed by atoms with E-state index < -0.39 is 17.7 Å². The summed E-state index contributed by atoms with van der Waals surface area (Å²) < 4.78 is 42.7. The van der Waals surface area contributed by atoms with Crippen molar-refractivity contribution in [2.45, 2.75) is 18.7 Å². The Balaban J connectivity index is 2.66. The second-order valence-corrected chi connectivity index (χ2v) is 3.86. The van der Waals surface area contributed by atoms with Crippen LogP contribution < -0.4 is 0 Å². The van der Waals surface area contributed by atoms with E-state index in [2.05, 4.69) is 9.72 Å². The number of hydrogen-bond donors (Lipinski definition) is 0. The Labute approximate surface area is 93.2 Å². The number of aromatic nitrogens is 1. The molecule has 2 heterocycles. The van der Waals surface area contributed by atoms with Gasteiger partial charge in [-0.25, -0.2) is 9.78 Å². The van der Waals surface area contributed by atoms with Gasteiger partial charge in [-0.2, -0.15) is 13.2 Å². The van der Waals surface area contributed by atoms with Crippen molar-refractivity contribution in [2.75, 3.05) is 0 Å². The summed E-state index contributed by atoms with van der Waals surface area (Å²) in [6.45, 7) is 0.785. The maximum absolute atomic E-state index is 12.8. The SMILES string of the molecule is CC1(C(F)(F)F)OC(=O)c2cnc(Cl)cc21. The lowest BCUT2D eigenvalue weighted by Crippen LogP contribution is -2.39. The summed E-state index contributed by atoms with van der Waals surface area (Å²) in [7, 11) is 0. The Morgan fingerprint density at radius 2 is 2.12 bits per heavy atom. The first-order chi connectivity index (χ1) is 7.25. The molecule has 16 heavy (non-hydrogen) atoms. The van der Waals surface area contributed by atoms with Gasteiger partial charge in [-0.3, -0.25) is 0 Å². The van der Waals surface area contributed by atoms with Crippen molar-refractivity contribution in [3.63, 3.8) is 0 Å². The number of pyridine rings is 1. The molecule has 1 unspecified atom stereocenters. The highest BCUT2D eigenvalue weighted by Crippen LogP contribution is 2.47. The highest BCUT2D eigenvalue weighted by molar-refractivity contribution is 6.29. The van der Waals surface area contributed by atoms with Crippen LogP contribution in [0.25, 0.3) is 0 Å². The van der Waals surface area contributed by atoms with Crippen LogP contribution in [-0.2, 0) is 10.3 Å². The van der Waals surface area contributed by atoms with Crippen molar-refractivity contribution in [2.24, 2.45) is 0 Å². The second kappa shape index (κ2) is 3.10. The van der Waals surface area contributed by atoms with Crippen LogP contribution in [-0.4, -0.2) is 17.1 Å². The molecule has 0 radical (unpaired) electrons. The van der Waals surface area contributed by atoms with Gasteiger partial charge in [0.25, 0.3) is 0 Å². The number of nitrogens with zero attached hydrogens (tertiary/aromatic N) is 1. The van der Waals surface area contributed by atoms with Crippen LogP contribution in [0.3, 0.4) is 0 Å². The van der Waals surface area contributed by atoms with Crippen LogP contribution >= 0.6 is 11.6 Å². The molecule has 1 aliphatic heterocycles. The van der Waals surface area contributed by atoms with E-state index in [1.165, 1.54) is 0 Å². The van der Waals surface area contributed by atoms with Gasteiger partial charge in [-0.05, 0) is 13.0 Å². The predicted octanol–water partition coefficient (Wildman–Crippen LogP) is 2.68. The van der Waals surface area contributed by atoms with Crippen molar-refractivity contribution in [1.29, 1.82) is 0 Å². The number of rotatable bonds is 0. The number of carbonyl (C=O) groups is 1. The van der Waals surface area contributed by atoms with Gasteiger partial charge in [-0.15, -0.1) is 0 Å². The van der Waals surface area contributed by atoms with E-state index in [0.29, 0.717) is 0 Å². The van der Waals surface area contributed by atoms with E-state index in [-0.39, 0.29) is 16.3 Å². The molecule has 1 aromatic heterocycles. The van der Waals surface area contributed by atoms with E-state index in [0.717, 1.165) is 19.2 Å². The average Bonchev–Trinajstić information content (AvgIpc) is 2.39. The summed E-state index contributed by atoms with van der Waals surface area (Å²) in [5.74, 6) is -1.04. The fourth-order valence-corrected chi connectivity index (χ4v) is 1.65. The monoisotopic (exact) mass is 251 g/mol. The average molecular weight is 252 g/mol. The molecule has 3 nitrogen and oxygen atoms in total. The predicted molar refractivity (Wildman–Crippen MR) is 48.1 cm³/mol. The largest absolute Gasteiger partial charge is 0.441 e. The Hall–Kier alpha value is -1.30. The molecule has 2 rings (SSSR count). The van der Waals surface area contributed by atoms with Crippen LogP contribution in [0.4, 0.5) is 13.2 Å². The third kappa shape index (κ3) is 1.36. The van der Waals surface area contributed by atoms with E-state index in [1.807, 2.05) is 0 Å². The Morgan fingerprint density at radius 3 is 2.69 bits per heavy atom. The molecule has 86 valence electrons. The van der Waals surface area contributed by atoms with E-state index >= 15 is 0 Å². The van der Waals surface area contributed by atoms with Crippen molar-refractivity contribution in [3.05, 3.63) is 28.5 Å². The molecule has 0 saturated heterocycles. The topological polar surface area (TPSA) is 39.2 Å². The Bertz CT molecular complexity index is 474. The third-order valence-corrected chi connectivity index (χ3v) is 2.65. The lowest BCUT2D eigenvalue weighted by Gasteiger charge is -2.26. The number of ether oxygens (including phenoxy) is 1. The summed E-state index contributed by atoms with van der Waals surface area (Å²) in [4.78, 5) is 14.8. The molecule has 7 heteroatoms. The van der Waals surface area contributed by atoms with Crippen LogP contribution in [0.5, 0.6) is 0 Å². The zero-order valence-corrected chi connectivity index (χ0v) is 8.69. The number of esters is 1. The number of carbonyl (C=O) groups excluding carboxylic acids is 1. The molecule has 0 bridgehead atoms. The van der Waals surface area contributed by atoms with Crippen LogP contribution in [0.15, 0.2) is 12.3 Å². The van der Waals surface area contributed by atoms with Gasteiger partial charge in [-0.1, -0.05) is 11.6 Å². The van der Waals surface area contributed by atoms with Gasteiger partial charge in [0.1, 0.15) is 5.15 Å². The number of hydrogen-bond acceptors (Lipinski definition) is 3. The Kier molecular flexibility index (Phi) is 2.17. The van der Waals surface area contributed by atoms with Crippen LogP contribution in [0.2, 0.25) is 5.15 Å². The fraction of sp³-hybridized carbons (Fsp3) is 0.333. The van der Waals surface area contributed by atoms with Gasteiger partial charge in [0, 0.05) is 11.8 Å². The van der Waals surface area contributed by atoms with Crippen molar-refractivity contribution in [3.8, 4) is 0 Å². The second-order valence-electron chi connectivity index (χ2n) is 3.47. The summed E-state index contributed by atoms with van der Waals surface area (Å²) in [6, 6.07) is 0.995. The summed E-state index contributed by atoms with van der Waals surface area (Å²) in [5.41, 5.74) is -3.15. The minimum atomic E-state index is -4.70. The van der Waals surface area contributed by atoms with Crippen molar-refractivity contribution in [1.82, 2.24) is 4.98 Å². The highest BCUT2D eigenvalue weighted by atomic mass is 35.5. The van der Waals surface area contributed by atoms with E-state index in [1.54, 1.807) is 0 Å². The Morgan fingerprint density at radius 1 is 1.50 bits per heavy atom. The highest BCUT2D eigenvalue weighted by Gasteiger charge is 2.60. The smallest absolute Gasteiger partial charge is 0.432 e. The first-order valence-electron chi connectivity index (χ1n) is 4.22. The molecule has 0 fully saturated rings. The maximum atomic E-state index is 12.8. The lowest BCUT2D eigenvalue weighted by molar-refractivity contribution is -0.253. The third-order valence-electron chi connectivity index (χ3n) is 2.44. The van der Waals surface area contributed by atoms with Crippen LogP contribution in [0, 0.1) is 0 Å². The lowest BCUT2D eigenvalue weighted by atomic mass is 9.95. The van der Waals surface area contributed by atoms with Gasteiger partial charge < -0.3 is 4.74 Å². The van der Waals surface area contributed by atoms with Crippen LogP contribution in [0.1, 0.15) is 22.8 Å². The summed E-state index contributed by atoms with van der Waals surface area (Å²) in [5, 5.41) is -0.118. The van der Waals surface area contributed by atoms with E-state index in [4.69, 9.17) is 11.6 Å². The number of alkyl halides is 3. The molecular formula is C9H5ClF3NO2. The number of fused-ring (bicyclic) bond motifs is 1. The van der Waals surface area contributed by atoms with Crippen molar-refractivity contribution >= 4 is 17.6 Å². The zero-order chi connectivity index (χ0) is 12.1. The quantitative estimate of drug-likeness (QED) is 0.526. The summed E-state index contributed by atoms with van der Waals surface area (Å²) in [6.07, 6.45) is -3.71. The van der Waals surface area contributed by atoms with Gasteiger partial charge in [0.15, 0.2) is 0 Å². The first kappa shape index (κ1) is 11.2. The molecule has 0 aliphatic carbocycles. The van der Waals surface area contributed by atoms with Gasteiger partial charge in [0.05, 0.1) is 5.56 Å². The minimum absolute atomic E-state index is 0.118. The minimum Gasteiger partial charge on any atom is -0.441 e. The standard InChI is InChI=1S/C9H5ClF3NO2/c1-8(9(11,12)13)5-2-6(10)14-3-4(5)7(15)16-8/h2-3H,1H3. The molecule has 1 aliphatic rings.